The molecule has 1 atom stereocenters. The van der Waals surface area contributed by atoms with E-state index in [9.17, 15) is 4.79 Å². The minimum Gasteiger partial charge on any atom is -0.464 e. The summed E-state index contributed by atoms with van der Waals surface area (Å²) < 4.78 is 5.58. The summed E-state index contributed by atoms with van der Waals surface area (Å²) in [6.07, 6.45) is 14.8. The Morgan fingerprint density at radius 2 is 1.97 bits per heavy atom. The van der Waals surface area contributed by atoms with Crippen molar-refractivity contribution in [1.82, 2.24) is 9.88 Å². The van der Waals surface area contributed by atoms with Crippen LogP contribution in [0.2, 0.25) is 0 Å². The molecule has 2 aliphatic rings. The van der Waals surface area contributed by atoms with Crippen molar-refractivity contribution in [3.05, 3.63) is 72.3 Å². The monoisotopic (exact) mass is 442 g/mol. The number of hydrogen-bond donors (Lipinski definition) is 0. The molecular formula is C29H34N2O2. The quantitative estimate of drug-likeness (QED) is 0.385. The van der Waals surface area contributed by atoms with Gasteiger partial charge in [0.05, 0.1) is 17.9 Å². The second kappa shape index (κ2) is 10.5. The molecule has 1 aromatic carbocycles. The Morgan fingerprint density at radius 3 is 2.73 bits per heavy atom. The molecule has 1 saturated carbocycles. The maximum Gasteiger partial charge on any atom is 0.145 e. The van der Waals surface area contributed by atoms with E-state index in [1.54, 1.807) is 6.26 Å². The van der Waals surface area contributed by atoms with Crippen molar-refractivity contribution in [1.29, 1.82) is 0 Å². The van der Waals surface area contributed by atoms with E-state index in [1.807, 2.05) is 30.5 Å². The Hall–Kier alpha value is -2.72. The molecule has 0 N–H and O–H groups in total. The van der Waals surface area contributed by atoms with Gasteiger partial charge in [-0.05, 0) is 67.6 Å². The predicted octanol–water partition coefficient (Wildman–Crippen LogP) is 6.63. The second-order valence-corrected chi connectivity index (χ2v) is 9.64. The summed E-state index contributed by atoms with van der Waals surface area (Å²) in [5.41, 5.74) is 4.55. The number of ketones is 1. The number of hydrogen-bond acceptors (Lipinski definition) is 4. The Bertz CT molecular complexity index is 1090. The predicted molar refractivity (Wildman–Crippen MR) is 133 cm³/mol. The lowest BCUT2D eigenvalue weighted by atomic mass is 9.83. The summed E-state index contributed by atoms with van der Waals surface area (Å²) in [6.45, 7) is 2.88. The summed E-state index contributed by atoms with van der Waals surface area (Å²) >= 11 is 0. The summed E-state index contributed by atoms with van der Waals surface area (Å²) in [5.74, 6) is 0.556. The van der Waals surface area contributed by atoms with E-state index in [4.69, 9.17) is 4.42 Å². The average molecular weight is 443 g/mol. The maximum atomic E-state index is 13.6. The zero-order valence-electron chi connectivity index (χ0n) is 19.4. The van der Waals surface area contributed by atoms with Crippen LogP contribution in [0.1, 0.15) is 68.5 Å². The van der Waals surface area contributed by atoms with Crippen LogP contribution >= 0.6 is 0 Å². The van der Waals surface area contributed by atoms with Crippen molar-refractivity contribution in [3.63, 3.8) is 0 Å². The Morgan fingerprint density at radius 1 is 1.09 bits per heavy atom. The lowest BCUT2D eigenvalue weighted by Crippen LogP contribution is -2.32. The minimum atomic E-state index is -0.0824. The number of carbonyl (C=O) groups is 1. The summed E-state index contributed by atoms with van der Waals surface area (Å²) in [6, 6.07) is 14.5. The van der Waals surface area contributed by atoms with E-state index in [-0.39, 0.29) is 11.8 Å². The molecule has 0 spiro atoms. The van der Waals surface area contributed by atoms with Gasteiger partial charge in [-0.1, -0.05) is 50.0 Å². The van der Waals surface area contributed by atoms with Gasteiger partial charge >= 0.3 is 0 Å². The first-order chi connectivity index (χ1) is 16.3. The first-order valence-corrected chi connectivity index (χ1v) is 12.6. The van der Waals surface area contributed by atoms with Crippen LogP contribution in [0.15, 0.2) is 65.4 Å². The van der Waals surface area contributed by atoms with E-state index >= 15 is 0 Å². The number of Topliss-reactive ketones (excluding diaryl/α,β-unsaturated/α-hetero) is 1. The fourth-order valence-corrected chi connectivity index (χ4v) is 5.51. The number of benzene rings is 1. The van der Waals surface area contributed by atoms with Gasteiger partial charge < -0.3 is 4.42 Å². The lowest BCUT2D eigenvalue weighted by molar-refractivity contribution is -0.125. The fraction of sp³-hybridized carbons (Fsp3) is 0.448. The number of aromatic nitrogens is 1. The van der Waals surface area contributed by atoms with Crippen molar-refractivity contribution >= 4 is 22.3 Å². The molecule has 2 aromatic heterocycles. The molecule has 4 nitrogen and oxygen atoms in total. The maximum absolute atomic E-state index is 13.6. The second-order valence-electron chi connectivity index (χ2n) is 9.64. The molecule has 0 amide bonds. The highest BCUT2D eigenvalue weighted by Gasteiger charge is 2.30. The largest absolute Gasteiger partial charge is 0.464 e. The van der Waals surface area contributed by atoms with Crippen molar-refractivity contribution in [3.8, 4) is 0 Å². The molecule has 1 aliphatic carbocycles. The van der Waals surface area contributed by atoms with Gasteiger partial charge in [0.2, 0.25) is 0 Å². The van der Waals surface area contributed by atoms with Gasteiger partial charge in [-0.25, -0.2) is 0 Å². The van der Waals surface area contributed by atoms with E-state index in [0.717, 1.165) is 62.0 Å². The highest BCUT2D eigenvalue weighted by molar-refractivity contribution is 5.87. The molecule has 0 radical (unpaired) electrons. The van der Waals surface area contributed by atoms with Gasteiger partial charge in [-0.3, -0.25) is 14.7 Å². The molecule has 4 heteroatoms. The topological polar surface area (TPSA) is 46.3 Å². The molecular weight excluding hydrogens is 408 g/mol. The molecule has 172 valence electrons. The molecule has 33 heavy (non-hydrogen) atoms. The molecule has 0 bridgehead atoms. The summed E-state index contributed by atoms with van der Waals surface area (Å²) in [5, 5.41) is 1.15. The third kappa shape index (κ3) is 5.27. The number of rotatable bonds is 7. The van der Waals surface area contributed by atoms with Gasteiger partial charge in [0.1, 0.15) is 11.4 Å². The van der Waals surface area contributed by atoms with E-state index in [0.29, 0.717) is 5.78 Å². The Kier molecular flexibility index (Phi) is 7.01. The number of carbonyl (C=O) groups excluding carboxylic acids is 1. The lowest BCUT2D eigenvalue weighted by Gasteiger charge is -2.29. The SMILES string of the molecule is O=C(C1CCCCCC1)C(CCN1CC=C(c2ccc3ccoc3c2)CC1)c1ccccn1. The average Bonchev–Trinajstić information content (AvgIpc) is 3.17. The minimum absolute atomic E-state index is 0.0824. The van der Waals surface area contributed by atoms with Gasteiger partial charge in [-0.15, -0.1) is 0 Å². The van der Waals surface area contributed by atoms with Gasteiger partial charge in [-0.2, -0.15) is 0 Å². The van der Waals surface area contributed by atoms with Crippen LogP contribution < -0.4 is 0 Å². The van der Waals surface area contributed by atoms with Crippen molar-refractivity contribution < 1.29 is 9.21 Å². The van der Waals surface area contributed by atoms with Crippen molar-refractivity contribution in [2.24, 2.45) is 5.92 Å². The van der Waals surface area contributed by atoms with Gasteiger partial charge in [0.25, 0.3) is 0 Å². The zero-order valence-corrected chi connectivity index (χ0v) is 19.4. The normalized spacial score (nSPS) is 19.2. The van der Waals surface area contributed by atoms with Crippen LogP contribution in [0.3, 0.4) is 0 Å². The molecule has 5 rings (SSSR count). The number of furan rings is 1. The standard InChI is InChI=1S/C29H34N2O2/c32-29(24-7-3-1-2-4-8-24)26(27-9-5-6-16-30-27)14-19-31-17-12-22(13-18-31)25-11-10-23-15-20-33-28(23)21-25/h5-6,9-12,15-16,20-21,24,26H,1-4,7-8,13-14,17-19H2. The molecule has 1 fully saturated rings. The molecule has 1 aliphatic heterocycles. The van der Waals surface area contributed by atoms with Crippen LogP contribution in [0.5, 0.6) is 0 Å². The van der Waals surface area contributed by atoms with Crippen LogP contribution in [0.4, 0.5) is 0 Å². The van der Waals surface area contributed by atoms with Crippen LogP contribution in [0, 0.1) is 5.92 Å². The van der Waals surface area contributed by atoms with Gasteiger partial charge in [0, 0.05) is 30.6 Å². The Balaban J connectivity index is 1.24. The summed E-state index contributed by atoms with van der Waals surface area (Å²) in [4.78, 5) is 20.6. The number of nitrogens with zero attached hydrogens (tertiary/aromatic N) is 2. The van der Waals surface area contributed by atoms with Crippen molar-refractivity contribution in [2.75, 3.05) is 19.6 Å². The first-order valence-electron chi connectivity index (χ1n) is 12.6. The fourth-order valence-electron chi connectivity index (χ4n) is 5.51. The molecule has 3 heterocycles. The van der Waals surface area contributed by atoms with Crippen LogP contribution in [0.25, 0.3) is 16.5 Å². The van der Waals surface area contributed by atoms with Crippen LogP contribution in [-0.4, -0.2) is 35.3 Å². The van der Waals surface area contributed by atoms with Gasteiger partial charge in [0.15, 0.2) is 0 Å². The van der Waals surface area contributed by atoms with E-state index < -0.39 is 0 Å². The number of pyridine rings is 1. The van der Waals surface area contributed by atoms with Crippen molar-refractivity contribution in [2.45, 2.75) is 57.3 Å². The third-order valence-corrected chi connectivity index (χ3v) is 7.50. The molecule has 0 saturated heterocycles. The number of fused-ring (bicyclic) bond motifs is 1. The summed E-state index contributed by atoms with van der Waals surface area (Å²) in [7, 11) is 0. The molecule has 1 unspecified atom stereocenters. The highest BCUT2D eigenvalue weighted by atomic mass is 16.3. The molecule has 3 aromatic rings. The Labute approximate surface area is 196 Å². The van der Waals surface area contributed by atoms with Crippen LogP contribution in [-0.2, 0) is 4.79 Å². The highest BCUT2D eigenvalue weighted by Crippen LogP contribution is 2.32. The van der Waals surface area contributed by atoms with E-state index in [1.165, 1.54) is 36.8 Å². The smallest absolute Gasteiger partial charge is 0.145 e. The zero-order chi connectivity index (χ0) is 22.5. The van der Waals surface area contributed by atoms with E-state index in [2.05, 4.69) is 34.2 Å². The first kappa shape index (κ1) is 22.1. The third-order valence-electron chi connectivity index (χ3n) is 7.50.